The molecule has 0 bridgehead atoms. The number of hydrogen-bond acceptors (Lipinski definition) is 4. The Morgan fingerprint density at radius 3 is 2.46 bits per heavy atom. The number of anilines is 2. The van der Waals surface area contributed by atoms with Crippen LogP contribution in [0.5, 0.6) is 0 Å². The topological polar surface area (TPSA) is 83.6 Å². The number of amides is 2. The smallest absolute Gasteiger partial charge is 0.258 e. The van der Waals surface area contributed by atoms with Crippen LogP contribution in [0.1, 0.15) is 17.3 Å². The van der Waals surface area contributed by atoms with Crippen molar-refractivity contribution < 1.29 is 18.0 Å². The molecule has 1 aliphatic rings. The van der Waals surface area contributed by atoms with E-state index in [4.69, 9.17) is 0 Å². The molecular formula is C21H18N2O4S. The second-order valence-electron chi connectivity index (χ2n) is 6.53. The normalized spacial score (nSPS) is 13.2. The van der Waals surface area contributed by atoms with E-state index in [-0.39, 0.29) is 10.8 Å². The molecule has 0 aliphatic carbocycles. The fourth-order valence-electron chi connectivity index (χ4n) is 3.54. The highest BCUT2D eigenvalue weighted by molar-refractivity contribution is 7.92. The predicted molar refractivity (Wildman–Crippen MR) is 108 cm³/mol. The van der Waals surface area contributed by atoms with E-state index >= 15 is 0 Å². The molecule has 0 unspecified atom stereocenters. The zero-order valence-electron chi connectivity index (χ0n) is 15.2. The highest BCUT2D eigenvalue weighted by Crippen LogP contribution is 2.40. The number of carbonyl (C=O) groups is 2. The van der Waals surface area contributed by atoms with Crippen molar-refractivity contribution in [2.45, 2.75) is 11.8 Å². The summed E-state index contributed by atoms with van der Waals surface area (Å²) in [7, 11) is -3.73. The summed E-state index contributed by atoms with van der Waals surface area (Å²) in [6, 6.07) is 16.7. The molecule has 4 rings (SSSR count). The Morgan fingerprint density at radius 2 is 1.75 bits per heavy atom. The lowest BCUT2D eigenvalue weighted by molar-refractivity contribution is -0.113. The number of nitrogens with zero attached hydrogens (tertiary/aromatic N) is 1. The summed E-state index contributed by atoms with van der Waals surface area (Å²) in [5.74, 6) is -1.35. The maximum Gasteiger partial charge on any atom is 0.258 e. The molecule has 0 saturated carbocycles. The summed E-state index contributed by atoms with van der Waals surface area (Å²) in [6.45, 7) is 2.45. The Kier molecular flexibility index (Phi) is 4.39. The lowest BCUT2D eigenvalue weighted by Crippen LogP contribution is -2.25. The van der Waals surface area contributed by atoms with Gasteiger partial charge >= 0.3 is 0 Å². The molecule has 0 fully saturated rings. The zero-order chi connectivity index (χ0) is 19.9. The third-order valence-corrected chi connectivity index (χ3v) is 6.43. The van der Waals surface area contributed by atoms with E-state index in [2.05, 4.69) is 5.32 Å². The van der Waals surface area contributed by atoms with E-state index in [1.165, 1.54) is 12.1 Å². The van der Waals surface area contributed by atoms with Crippen molar-refractivity contribution in [3.05, 3.63) is 66.2 Å². The molecule has 0 radical (unpaired) electrons. The molecule has 0 spiro atoms. The molecule has 6 nitrogen and oxygen atoms in total. The molecule has 28 heavy (non-hydrogen) atoms. The summed E-state index contributed by atoms with van der Waals surface area (Å²) in [6.07, 6.45) is 0. The van der Waals surface area contributed by atoms with Crippen molar-refractivity contribution in [3.63, 3.8) is 0 Å². The maximum absolute atomic E-state index is 12.5. The fourth-order valence-corrected chi connectivity index (χ4v) is 4.69. The first kappa shape index (κ1) is 18.2. The summed E-state index contributed by atoms with van der Waals surface area (Å²) in [5, 5.41) is 4.18. The van der Waals surface area contributed by atoms with E-state index in [0.29, 0.717) is 23.2 Å². The number of rotatable bonds is 5. The van der Waals surface area contributed by atoms with Crippen molar-refractivity contribution >= 4 is 43.8 Å². The molecule has 1 heterocycles. The first-order valence-corrected chi connectivity index (χ1v) is 10.5. The number of carbonyl (C=O) groups excluding carboxylic acids is 2. The standard InChI is InChI=1S/C21H18N2O4S/c1-2-23-18-12-11-17(15-9-6-10-16(20(15)18)21(23)25)22-19(24)13-28(26,27)14-7-4-3-5-8-14/h3-12H,2,13H2,1H3,(H,22,24). The third kappa shape index (κ3) is 2.93. The van der Waals surface area contributed by atoms with Gasteiger partial charge in [-0.05, 0) is 37.3 Å². The Hall–Kier alpha value is -3.19. The highest BCUT2D eigenvalue weighted by Gasteiger charge is 2.29. The lowest BCUT2D eigenvalue weighted by atomic mass is 10.0. The lowest BCUT2D eigenvalue weighted by Gasteiger charge is -2.15. The molecule has 2 amide bonds. The Bertz CT molecular complexity index is 1200. The van der Waals surface area contributed by atoms with Gasteiger partial charge in [0.05, 0.1) is 10.6 Å². The molecule has 7 heteroatoms. The zero-order valence-corrected chi connectivity index (χ0v) is 16.0. The van der Waals surface area contributed by atoms with E-state index in [1.54, 1.807) is 47.4 Å². The van der Waals surface area contributed by atoms with Gasteiger partial charge in [-0.3, -0.25) is 9.59 Å². The van der Waals surface area contributed by atoms with E-state index in [9.17, 15) is 18.0 Å². The summed E-state index contributed by atoms with van der Waals surface area (Å²) >= 11 is 0. The van der Waals surface area contributed by atoms with Crippen molar-refractivity contribution in [1.29, 1.82) is 0 Å². The molecule has 0 saturated heterocycles. The minimum Gasteiger partial charge on any atom is -0.325 e. The third-order valence-electron chi connectivity index (χ3n) is 4.80. The predicted octanol–water partition coefficient (Wildman–Crippen LogP) is 3.23. The van der Waals surface area contributed by atoms with Crippen LogP contribution < -0.4 is 10.2 Å². The van der Waals surface area contributed by atoms with Crippen molar-refractivity contribution in [3.8, 4) is 0 Å². The summed E-state index contributed by atoms with van der Waals surface area (Å²) in [5.41, 5.74) is 1.87. The molecular weight excluding hydrogens is 376 g/mol. The molecule has 3 aromatic rings. The van der Waals surface area contributed by atoms with Gasteiger partial charge in [-0.1, -0.05) is 30.3 Å². The van der Waals surface area contributed by atoms with Gasteiger partial charge in [-0.25, -0.2) is 8.42 Å². The van der Waals surface area contributed by atoms with Gasteiger partial charge in [-0.15, -0.1) is 0 Å². The largest absolute Gasteiger partial charge is 0.325 e. The number of benzene rings is 3. The minimum absolute atomic E-state index is 0.0711. The van der Waals surface area contributed by atoms with E-state index in [1.807, 2.05) is 13.0 Å². The van der Waals surface area contributed by atoms with Crippen molar-refractivity contribution in [1.82, 2.24) is 0 Å². The van der Waals surface area contributed by atoms with E-state index in [0.717, 1.165) is 11.1 Å². The second kappa shape index (κ2) is 6.76. The first-order valence-electron chi connectivity index (χ1n) is 8.87. The van der Waals surface area contributed by atoms with Gasteiger partial charge in [0.15, 0.2) is 9.84 Å². The molecule has 0 atom stereocenters. The highest BCUT2D eigenvalue weighted by atomic mass is 32.2. The summed E-state index contributed by atoms with van der Waals surface area (Å²) in [4.78, 5) is 26.8. The Morgan fingerprint density at radius 1 is 1.00 bits per heavy atom. The van der Waals surface area contributed by atoms with Gasteiger partial charge in [0.25, 0.3) is 5.91 Å². The van der Waals surface area contributed by atoms with Crippen LogP contribution in [0.4, 0.5) is 11.4 Å². The van der Waals surface area contributed by atoms with Crippen LogP contribution >= 0.6 is 0 Å². The second-order valence-corrected chi connectivity index (χ2v) is 8.52. The summed E-state index contributed by atoms with van der Waals surface area (Å²) < 4.78 is 24.9. The molecule has 1 aliphatic heterocycles. The van der Waals surface area contributed by atoms with E-state index < -0.39 is 21.5 Å². The molecule has 1 N–H and O–H groups in total. The molecule has 142 valence electrons. The van der Waals surface area contributed by atoms with Gasteiger partial charge in [0.2, 0.25) is 5.91 Å². The van der Waals surface area contributed by atoms with Crippen LogP contribution in [0.25, 0.3) is 10.8 Å². The van der Waals surface area contributed by atoms with Crippen LogP contribution in [-0.4, -0.2) is 32.5 Å². The Labute approximate surface area is 162 Å². The van der Waals surface area contributed by atoms with Crippen LogP contribution in [0.2, 0.25) is 0 Å². The van der Waals surface area contributed by atoms with Gasteiger partial charge < -0.3 is 10.2 Å². The molecule has 0 aromatic heterocycles. The number of hydrogen-bond donors (Lipinski definition) is 1. The van der Waals surface area contributed by atoms with Crippen LogP contribution in [0, 0.1) is 0 Å². The Balaban J connectivity index is 1.66. The minimum atomic E-state index is -3.73. The average molecular weight is 394 g/mol. The number of sulfone groups is 1. The number of nitrogens with one attached hydrogen (secondary N) is 1. The average Bonchev–Trinajstić information content (AvgIpc) is 2.97. The van der Waals surface area contributed by atoms with Gasteiger partial charge in [0, 0.05) is 28.6 Å². The van der Waals surface area contributed by atoms with Crippen LogP contribution in [0.3, 0.4) is 0 Å². The SMILES string of the molecule is CCN1C(=O)c2cccc3c(NC(=O)CS(=O)(=O)c4ccccc4)ccc1c23. The van der Waals surface area contributed by atoms with Gasteiger partial charge in [-0.2, -0.15) is 0 Å². The molecule has 3 aromatic carbocycles. The maximum atomic E-state index is 12.5. The van der Waals surface area contributed by atoms with Gasteiger partial charge in [0.1, 0.15) is 5.75 Å². The first-order chi connectivity index (χ1) is 13.4. The monoisotopic (exact) mass is 394 g/mol. The van der Waals surface area contributed by atoms with Crippen LogP contribution in [-0.2, 0) is 14.6 Å². The fraction of sp³-hybridized carbons (Fsp3) is 0.143. The van der Waals surface area contributed by atoms with Crippen molar-refractivity contribution in [2.24, 2.45) is 0 Å². The van der Waals surface area contributed by atoms with Crippen molar-refractivity contribution in [2.75, 3.05) is 22.5 Å². The quantitative estimate of drug-likeness (QED) is 0.720. The van der Waals surface area contributed by atoms with Crippen LogP contribution in [0.15, 0.2) is 65.6 Å².